The van der Waals surface area contributed by atoms with Gasteiger partial charge in [-0.05, 0) is 55.2 Å². The summed E-state index contributed by atoms with van der Waals surface area (Å²) >= 11 is 0. The summed E-state index contributed by atoms with van der Waals surface area (Å²) in [7, 11) is 0. The number of nitrogens with one attached hydrogen (secondary N) is 1. The summed E-state index contributed by atoms with van der Waals surface area (Å²) in [6.45, 7) is 8.01. The van der Waals surface area contributed by atoms with Crippen molar-refractivity contribution in [2.24, 2.45) is 11.8 Å². The maximum atomic E-state index is 13.7. The lowest BCUT2D eigenvalue weighted by Gasteiger charge is -2.37. The van der Waals surface area contributed by atoms with Crippen LogP contribution in [0.4, 0.5) is 0 Å². The summed E-state index contributed by atoms with van der Waals surface area (Å²) in [6, 6.07) is 17.5. The van der Waals surface area contributed by atoms with Gasteiger partial charge in [0.15, 0.2) is 0 Å². The van der Waals surface area contributed by atoms with Gasteiger partial charge in [0.2, 0.25) is 11.8 Å². The molecule has 224 valence electrons. The van der Waals surface area contributed by atoms with Crippen molar-refractivity contribution in [3.8, 4) is 0 Å². The lowest BCUT2D eigenvalue weighted by Crippen LogP contribution is -2.53. The molecule has 2 aromatic rings. The van der Waals surface area contributed by atoms with Crippen LogP contribution in [-0.4, -0.2) is 52.6 Å². The first-order valence-electron chi connectivity index (χ1n) is 15.1. The van der Waals surface area contributed by atoms with Crippen LogP contribution in [0.2, 0.25) is 0 Å². The molecule has 2 N–H and O–H groups in total. The molecule has 1 aliphatic heterocycles. The van der Waals surface area contributed by atoms with E-state index in [1.165, 1.54) is 0 Å². The Morgan fingerprint density at radius 1 is 0.976 bits per heavy atom. The van der Waals surface area contributed by atoms with Gasteiger partial charge >= 0.3 is 5.97 Å². The molecule has 2 aromatic carbocycles. The molecule has 1 saturated carbocycles. The van der Waals surface area contributed by atoms with Crippen molar-refractivity contribution >= 4 is 17.8 Å². The predicted octanol–water partition coefficient (Wildman–Crippen LogP) is 4.92. The number of allylic oxidation sites excluding steroid dienone is 2. The second-order valence-corrected chi connectivity index (χ2v) is 11.8. The van der Waals surface area contributed by atoms with Gasteiger partial charge in [-0.2, -0.15) is 0 Å². The van der Waals surface area contributed by atoms with Crippen molar-refractivity contribution in [1.82, 2.24) is 10.2 Å². The number of esters is 1. The minimum atomic E-state index is -0.654. The van der Waals surface area contributed by atoms with Crippen molar-refractivity contribution in [2.45, 2.75) is 75.9 Å². The first-order chi connectivity index (χ1) is 20.4. The Bertz CT molecular complexity index is 1240. The Kier molecular flexibility index (Phi) is 11.1. The molecule has 1 aliphatic carbocycles. The fourth-order valence-corrected chi connectivity index (χ4v) is 6.27. The molecule has 0 bridgehead atoms. The zero-order chi connectivity index (χ0) is 30.0. The molecule has 1 heterocycles. The highest BCUT2D eigenvalue weighted by Crippen LogP contribution is 2.32. The van der Waals surface area contributed by atoms with Crippen molar-refractivity contribution in [3.05, 3.63) is 96.6 Å². The molecule has 0 spiro atoms. The Morgan fingerprint density at radius 3 is 2.29 bits per heavy atom. The van der Waals surface area contributed by atoms with Gasteiger partial charge in [-0.1, -0.05) is 79.6 Å². The molecule has 4 rings (SSSR count). The Balaban J connectivity index is 1.40. The van der Waals surface area contributed by atoms with Gasteiger partial charge in [-0.15, -0.1) is 13.2 Å². The van der Waals surface area contributed by atoms with Crippen LogP contribution in [0, 0.1) is 11.8 Å². The van der Waals surface area contributed by atoms with Gasteiger partial charge < -0.3 is 20.1 Å². The molecule has 2 amide bonds. The number of aliphatic hydroxyl groups is 1. The monoisotopic (exact) mass is 572 g/mol. The molecule has 0 unspecified atom stereocenters. The normalized spacial score (nSPS) is 18.8. The fourth-order valence-electron chi connectivity index (χ4n) is 6.27. The Hall–Kier alpha value is -3.71. The lowest BCUT2D eigenvalue weighted by atomic mass is 9.91. The van der Waals surface area contributed by atoms with E-state index >= 15 is 0 Å². The highest BCUT2D eigenvalue weighted by atomic mass is 16.5. The van der Waals surface area contributed by atoms with Gasteiger partial charge in [0.1, 0.15) is 6.61 Å². The van der Waals surface area contributed by atoms with E-state index in [0.29, 0.717) is 45.1 Å². The fraction of sp³-hybridized carbons (Fsp3) is 0.457. The molecule has 3 atom stereocenters. The summed E-state index contributed by atoms with van der Waals surface area (Å²) in [5.41, 5.74) is 2.60. The summed E-state index contributed by atoms with van der Waals surface area (Å²) < 4.78 is 5.87. The van der Waals surface area contributed by atoms with Crippen LogP contribution < -0.4 is 5.32 Å². The van der Waals surface area contributed by atoms with Crippen LogP contribution in [-0.2, 0) is 38.5 Å². The van der Waals surface area contributed by atoms with Crippen molar-refractivity contribution in [2.75, 3.05) is 13.2 Å². The number of rotatable bonds is 14. The first kappa shape index (κ1) is 31.2. The van der Waals surface area contributed by atoms with Crippen molar-refractivity contribution < 1.29 is 24.2 Å². The lowest BCUT2D eigenvalue weighted by molar-refractivity contribution is -0.152. The second kappa shape index (κ2) is 15.0. The molecule has 2 aliphatic rings. The van der Waals surface area contributed by atoms with Gasteiger partial charge in [-0.25, -0.2) is 0 Å². The third-order valence-electron chi connectivity index (χ3n) is 8.68. The average Bonchev–Trinajstić information content (AvgIpc) is 3.47. The molecule has 1 fully saturated rings. The van der Waals surface area contributed by atoms with Crippen LogP contribution in [0.25, 0.3) is 0 Å². The number of carbonyl (C=O) groups is 3. The zero-order valence-electron chi connectivity index (χ0n) is 24.5. The number of aliphatic hydroxyl groups excluding tert-OH is 1. The van der Waals surface area contributed by atoms with E-state index in [1.54, 1.807) is 17.1 Å². The van der Waals surface area contributed by atoms with E-state index in [2.05, 4.69) is 18.5 Å². The maximum Gasteiger partial charge on any atom is 0.309 e. The summed E-state index contributed by atoms with van der Waals surface area (Å²) in [5, 5.41) is 13.2. The van der Waals surface area contributed by atoms with E-state index in [9.17, 15) is 19.5 Å². The smallest absolute Gasteiger partial charge is 0.309 e. The van der Waals surface area contributed by atoms with Crippen LogP contribution >= 0.6 is 0 Å². The minimum Gasteiger partial charge on any atom is -0.463 e. The molecule has 0 saturated heterocycles. The van der Waals surface area contributed by atoms with E-state index < -0.39 is 11.5 Å². The van der Waals surface area contributed by atoms with Gasteiger partial charge in [0.05, 0.1) is 30.0 Å². The predicted molar refractivity (Wildman–Crippen MR) is 163 cm³/mol. The standard InChI is InChI=1S/C35H44N2O5/c1-3-12-28(22-32(39)37-23-30-17-9-8-16-27(30)21-31(37)24-38)33(40)36-35(18-10-11-19-35)25-42-34(41)29(13-4-2)20-26-14-6-5-7-15-26/h3-9,14-17,28-29,31,38H,1-2,10-13,18-25H2,(H,36,40)/t28-,29+,31-/m0/s1. The Morgan fingerprint density at radius 2 is 1.62 bits per heavy atom. The van der Waals surface area contributed by atoms with Crippen molar-refractivity contribution in [3.63, 3.8) is 0 Å². The van der Waals surface area contributed by atoms with Crippen LogP contribution in [0.15, 0.2) is 79.9 Å². The number of hydrogen-bond donors (Lipinski definition) is 2. The molecule has 7 nitrogen and oxygen atoms in total. The molecule has 0 aromatic heterocycles. The number of nitrogens with zero attached hydrogens (tertiary/aromatic N) is 1. The van der Waals surface area contributed by atoms with Crippen LogP contribution in [0.5, 0.6) is 0 Å². The van der Waals surface area contributed by atoms with E-state index in [0.717, 1.165) is 29.5 Å². The molecular formula is C35H44N2O5. The Labute approximate surface area is 249 Å². The van der Waals surface area contributed by atoms with E-state index in [4.69, 9.17) is 4.74 Å². The van der Waals surface area contributed by atoms with Gasteiger partial charge in [-0.3, -0.25) is 14.4 Å². The number of carbonyl (C=O) groups excluding carboxylic acids is 3. The number of hydrogen-bond acceptors (Lipinski definition) is 5. The molecule has 42 heavy (non-hydrogen) atoms. The minimum absolute atomic E-state index is 0.0187. The number of benzene rings is 2. The second-order valence-electron chi connectivity index (χ2n) is 11.8. The van der Waals surface area contributed by atoms with Crippen LogP contribution in [0.3, 0.4) is 0 Å². The number of ether oxygens (including phenoxy) is 1. The summed E-state index contributed by atoms with van der Waals surface area (Å²) in [6.07, 6.45) is 8.69. The average molecular weight is 573 g/mol. The van der Waals surface area contributed by atoms with E-state index in [-0.39, 0.29) is 49.4 Å². The van der Waals surface area contributed by atoms with Crippen molar-refractivity contribution in [1.29, 1.82) is 0 Å². The summed E-state index contributed by atoms with van der Waals surface area (Å²) in [4.78, 5) is 42.0. The third-order valence-corrected chi connectivity index (χ3v) is 8.68. The first-order valence-corrected chi connectivity index (χ1v) is 15.1. The topological polar surface area (TPSA) is 95.9 Å². The third kappa shape index (κ3) is 7.97. The molecular weight excluding hydrogens is 528 g/mol. The quantitative estimate of drug-likeness (QED) is 0.248. The SMILES string of the molecule is C=CC[C@@H](CC(=O)N1Cc2ccccc2C[C@H]1CO)C(=O)NC1(COC(=O)[C@H](CC=C)Cc2ccccc2)CCCC1. The highest BCUT2D eigenvalue weighted by molar-refractivity contribution is 5.86. The summed E-state index contributed by atoms with van der Waals surface area (Å²) in [5.74, 6) is -1.64. The highest BCUT2D eigenvalue weighted by Gasteiger charge is 2.40. The maximum absolute atomic E-state index is 13.7. The number of fused-ring (bicyclic) bond motifs is 1. The molecule has 7 heteroatoms. The van der Waals surface area contributed by atoms with Crippen LogP contribution in [0.1, 0.15) is 61.6 Å². The van der Waals surface area contributed by atoms with E-state index in [1.807, 2.05) is 54.6 Å². The molecule has 0 radical (unpaired) electrons. The zero-order valence-corrected chi connectivity index (χ0v) is 24.5. The largest absolute Gasteiger partial charge is 0.463 e. The van der Waals surface area contributed by atoms with Gasteiger partial charge in [0.25, 0.3) is 0 Å². The number of amides is 2. The van der Waals surface area contributed by atoms with Gasteiger partial charge in [0, 0.05) is 13.0 Å².